The van der Waals surface area contributed by atoms with Gasteiger partial charge in [0.15, 0.2) is 0 Å². The molecule has 0 radical (unpaired) electrons. The maximum atomic E-state index is 14.0. The molecule has 4 heterocycles. The van der Waals surface area contributed by atoms with E-state index in [0.29, 0.717) is 5.58 Å². The van der Waals surface area contributed by atoms with Crippen LogP contribution in [0.5, 0.6) is 0 Å². The van der Waals surface area contributed by atoms with E-state index < -0.39 is 0 Å². The number of hydrogen-bond donors (Lipinski definition) is 0. The molecule has 0 unspecified atom stereocenters. The smallest absolute Gasteiger partial charge is 0.409 e. The summed E-state index contributed by atoms with van der Waals surface area (Å²) in [5, 5.41) is 9.38. The Morgan fingerprint density at radius 2 is 1.18 bits per heavy atom. The Hall–Kier alpha value is -5.81. The molecule has 0 N–H and O–H groups in total. The minimum atomic E-state index is -0.365. The lowest BCUT2D eigenvalue weighted by molar-refractivity contribution is 0.516. The topological polar surface area (TPSA) is 39.6 Å². The van der Waals surface area contributed by atoms with E-state index in [2.05, 4.69) is 114 Å². The Morgan fingerprint density at radius 1 is 0.523 bits per heavy atom. The Morgan fingerprint density at radius 3 is 2.11 bits per heavy atom. The second-order valence-corrected chi connectivity index (χ2v) is 12.0. The molecule has 10 aromatic rings. The number of para-hydroxylation sites is 3. The van der Waals surface area contributed by atoms with Crippen LogP contribution in [-0.4, -0.2) is 15.7 Å². The van der Waals surface area contributed by atoms with Crippen LogP contribution in [0.4, 0.5) is 0 Å². The zero-order valence-electron chi connectivity index (χ0n) is 23.4. The fraction of sp³-hybridized carbons (Fsp3) is 0. The van der Waals surface area contributed by atoms with E-state index in [-0.39, 0.29) is 12.5 Å². The zero-order valence-corrected chi connectivity index (χ0v) is 23.4. The molecule has 4 nitrogen and oxygen atoms in total. The summed E-state index contributed by atoms with van der Waals surface area (Å²) in [6, 6.07) is 45.1. The summed E-state index contributed by atoms with van der Waals surface area (Å²) in [5.74, 6) is -0.365. The van der Waals surface area contributed by atoms with Crippen LogP contribution in [0.3, 0.4) is 0 Å². The Bertz CT molecular complexity index is 2920. The van der Waals surface area contributed by atoms with Gasteiger partial charge in [0.1, 0.15) is 5.58 Å². The van der Waals surface area contributed by atoms with Gasteiger partial charge in [-0.15, -0.1) is 0 Å². The van der Waals surface area contributed by atoms with E-state index in [1.807, 2.05) is 22.8 Å². The van der Waals surface area contributed by atoms with Crippen LogP contribution in [0.2, 0.25) is 0 Å². The van der Waals surface area contributed by atoms with Crippen LogP contribution in [0.15, 0.2) is 137 Å². The summed E-state index contributed by atoms with van der Waals surface area (Å²) < 4.78 is 10.4. The number of aromatic nitrogens is 2. The molecule has 5 heteroatoms. The lowest BCUT2D eigenvalue weighted by Crippen LogP contribution is -2.57. The first-order chi connectivity index (χ1) is 21.8. The fourth-order valence-electron chi connectivity index (χ4n) is 8.41. The molecule has 44 heavy (non-hydrogen) atoms. The fourth-order valence-corrected chi connectivity index (χ4v) is 8.41. The molecule has 202 valence electrons. The molecule has 0 saturated carbocycles. The highest BCUT2D eigenvalue weighted by atomic mass is 16.4. The largest absolute Gasteiger partial charge is 0.424 e. The summed E-state index contributed by atoms with van der Waals surface area (Å²) in [6.45, 7) is -0.105. The van der Waals surface area contributed by atoms with E-state index in [4.69, 9.17) is 4.42 Å². The molecular formula is C39H21BN2O2. The predicted molar refractivity (Wildman–Crippen MR) is 183 cm³/mol. The van der Waals surface area contributed by atoms with Gasteiger partial charge in [0, 0.05) is 32.6 Å². The number of benzene rings is 7. The Labute approximate surface area is 250 Å². The third-order valence-electron chi connectivity index (χ3n) is 9.98. The average molecular weight is 560 g/mol. The second-order valence-electron chi connectivity index (χ2n) is 12.0. The van der Waals surface area contributed by atoms with Gasteiger partial charge in [0.25, 0.3) is 0 Å². The summed E-state index contributed by atoms with van der Waals surface area (Å²) in [7, 11) is 0. The van der Waals surface area contributed by atoms with Crippen molar-refractivity contribution in [3.63, 3.8) is 0 Å². The van der Waals surface area contributed by atoms with E-state index >= 15 is 0 Å². The van der Waals surface area contributed by atoms with Crippen molar-refractivity contribution in [3.8, 4) is 5.69 Å². The molecule has 0 atom stereocenters. The number of fused-ring (bicyclic) bond motifs is 11. The maximum absolute atomic E-state index is 14.0. The normalized spacial score (nSPS) is 13.0. The van der Waals surface area contributed by atoms with Crippen LogP contribution in [0.1, 0.15) is 0 Å². The first kappa shape index (κ1) is 22.7. The summed E-state index contributed by atoms with van der Waals surface area (Å²) in [6.07, 6.45) is 0. The SMILES string of the molecule is O=c1oc2cccc3c2c2c(c4c5cccc6c7ccccc7n(c65)c34)B(c3cccc4ccccc34)c3ccccc3-n12. The van der Waals surface area contributed by atoms with E-state index in [9.17, 15) is 4.79 Å². The molecule has 0 fully saturated rings. The molecule has 0 bridgehead atoms. The maximum Gasteiger partial charge on any atom is 0.424 e. The van der Waals surface area contributed by atoms with Crippen molar-refractivity contribution in [2.45, 2.75) is 0 Å². The van der Waals surface area contributed by atoms with Gasteiger partial charge in [-0.05, 0) is 39.9 Å². The minimum absolute atomic E-state index is 0.105. The molecule has 1 aliphatic rings. The van der Waals surface area contributed by atoms with Crippen molar-refractivity contribution in [1.82, 2.24) is 8.97 Å². The van der Waals surface area contributed by atoms with E-state index in [1.165, 1.54) is 48.8 Å². The van der Waals surface area contributed by atoms with Gasteiger partial charge in [-0.3, -0.25) is 0 Å². The van der Waals surface area contributed by atoms with Crippen molar-refractivity contribution < 1.29 is 4.42 Å². The average Bonchev–Trinajstić information content (AvgIpc) is 3.60. The lowest BCUT2D eigenvalue weighted by Gasteiger charge is -2.30. The second kappa shape index (κ2) is 7.77. The molecule has 11 rings (SSSR count). The third-order valence-corrected chi connectivity index (χ3v) is 9.98. The molecule has 0 aliphatic carbocycles. The molecule has 3 aromatic heterocycles. The van der Waals surface area contributed by atoms with Gasteiger partial charge in [-0.25, -0.2) is 9.36 Å². The van der Waals surface area contributed by atoms with Crippen LogP contribution in [-0.2, 0) is 0 Å². The number of nitrogens with zero attached hydrogens (tertiary/aromatic N) is 2. The third kappa shape index (κ3) is 2.53. The first-order valence-corrected chi connectivity index (χ1v) is 15.0. The molecule has 7 aromatic carbocycles. The molecule has 0 spiro atoms. The van der Waals surface area contributed by atoms with Gasteiger partial charge < -0.3 is 8.82 Å². The van der Waals surface area contributed by atoms with Gasteiger partial charge >= 0.3 is 5.76 Å². The predicted octanol–water partition coefficient (Wildman–Crippen LogP) is 6.87. The van der Waals surface area contributed by atoms with Crippen molar-refractivity contribution >= 4 is 93.8 Å². The van der Waals surface area contributed by atoms with E-state index in [0.717, 1.165) is 38.4 Å². The highest BCUT2D eigenvalue weighted by molar-refractivity contribution is 7.01. The van der Waals surface area contributed by atoms with Crippen LogP contribution in [0.25, 0.3) is 76.4 Å². The summed E-state index contributed by atoms with van der Waals surface area (Å²) in [5.41, 5.74) is 9.49. The zero-order chi connectivity index (χ0) is 28.7. The quantitative estimate of drug-likeness (QED) is 0.206. The van der Waals surface area contributed by atoms with E-state index in [1.54, 1.807) is 0 Å². The van der Waals surface area contributed by atoms with Crippen molar-refractivity contribution in [3.05, 3.63) is 138 Å². The summed E-state index contributed by atoms with van der Waals surface area (Å²) >= 11 is 0. The van der Waals surface area contributed by atoms with Crippen molar-refractivity contribution in [2.75, 3.05) is 0 Å². The van der Waals surface area contributed by atoms with Gasteiger partial charge in [0.05, 0.1) is 27.5 Å². The van der Waals surface area contributed by atoms with Crippen molar-refractivity contribution in [2.24, 2.45) is 0 Å². The van der Waals surface area contributed by atoms with Crippen LogP contribution >= 0.6 is 0 Å². The summed E-state index contributed by atoms with van der Waals surface area (Å²) in [4.78, 5) is 14.0. The molecule has 0 saturated heterocycles. The monoisotopic (exact) mass is 560 g/mol. The highest BCUT2D eigenvalue weighted by Gasteiger charge is 2.38. The highest BCUT2D eigenvalue weighted by Crippen LogP contribution is 2.43. The molecule has 1 aliphatic heterocycles. The Kier molecular flexibility index (Phi) is 4.02. The number of hydrogen-bond acceptors (Lipinski definition) is 2. The van der Waals surface area contributed by atoms with Gasteiger partial charge in [-0.1, -0.05) is 115 Å². The van der Waals surface area contributed by atoms with Crippen LogP contribution < -0.4 is 22.1 Å². The first-order valence-electron chi connectivity index (χ1n) is 15.0. The number of rotatable bonds is 1. The van der Waals surface area contributed by atoms with Gasteiger partial charge in [0.2, 0.25) is 6.71 Å². The lowest BCUT2D eigenvalue weighted by atomic mass is 9.34. The minimum Gasteiger partial charge on any atom is -0.409 e. The van der Waals surface area contributed by atoms with Gasteiger partial charge in [-0.2, -0.15) is 0 Å². The standard InChI is InChI=1S/C39H21BN2O2/c43-39-42-31-20-6-4-17-29(31)40(28-18-7-11-22-10-1-2-12-23(22)28)35-34-27-15-8-14-25-24-13-3-5-19-30(24)41(36(25)27)37(34)26-16-9-21-32(44-39)33(26)38(35)42/h1-21H. The molecule has 0 amide bonds. The van der Waals surface area contributed by atoms with Crippen molar-refractivity contribution in [1.29, 1.82) is 0 Å². The molecular weight excluding hydrogens is 539 g/mol. The Balaban J connectivity index is 1.50. The van der Waals surface area contributed by atoms with Crippen LogP contribution in [0, 0.1) is 0 Å².